The monoisotopic (exact) mass is 283 g/mol. The number of aromatic nitrogens is 1. The molecule has 7 heteroatoms. The molecule has 19 heavy (non-hydrogen) atoms. The maximum Gasteiger partial charge on any atom is 0.308 e. The highest BCUT2D eigenvalue weighted by atomic mass is 32.1. The van der Waals surface area contributed by atoms with Crippen LogP contribution in [-0.2, 0) is 4.79 Å². The maximum atomic E-state index is 12.2. The average molecular weight is 283 g/mol. The molecule has 1 amide bonds. The molecule has 1 saturated heterocycles. The highest BCUT2D eigenvalue weighted by molar-refractivity contribution is 7.09. The molecule has 3 atom stereocenters. The van der Waals surface area contributed by atoms with Crippen LogP contribution in [0, 0.1) is 11.8 Å². The third-order valence-electron chi connectivity index (χ3n) is 3.35. The van der Waals surface area contributed by atoms with E-state index in [-0.39, 0.29) is 24.4 Å². The van der Waals surface area contributed by atoms with Crippen LogP contribution in [0.15, 0.2) is 5.38 Å². The van der Waals surface area contributed by atoms with Gasteiger partial charge >= 0.3 is 5.97 Å². The lowest BCUT2D eigenvalue weighted by Gasteiger charge is -2.14. The van der Waals surface area contributed by atoms with E-state index >= 15 is 0 Å². The Bertz CT molecular complexity index is 500. The van der Waals surface area contributed by atoms with E-state index in [4.69, 9.17) is 10.8 Å². The highest BCUT2D eigenvalue weighted by Gasteiger charge is 2.37. The van der Waals surface area contributed by atoms with E-state index in [2.05, 4.69) is 4.98 Å². The lowest BCUT2D eigenvalue weighted by Crippen LogP contribution is -2.30. The summed E-state index contributed by atoms with van der Waals surface area (Å²) in [7, 11) is 0. The van der Waals surface area contributed by atoms with Crippen LogP contribution in [-0.4, -0.2) is 40.0 Å². The van der Waals surface area contributed by atoms with Crippen LogP contribution >= 0.6 is 11.3 Å². The van der Waals surface area contributed by atoms with Gasteiger partial charge in [-0.25, -0.2) is 4.98 Å². The first-order chi connectivity index (χ1) is 8.90. The number of hydrogen-bond acceptors (Lipinski definition) is 5. The van der Waals surface area contributed by atoms with Crippen molar-refractivity contribution in [2.45, 2.75) is 19.9 Å². The number of rotatable bonds is 3. The fourth-order valence-electron chi connectivity index (χ4n) is 2.21. The zero-order valence-corrected chi connectivity index (χ0v) is 11.7. The molecule has 1 aliphatic heterocycles. The van der Waals surface area contributed by atoms with Crippen molar-refractivity contribution in [3.05, 3.63) is 16.1 Å². The summed E-state index contributed by atoms with van der Waals surface area (Å²) < 4.78 is 0. The Kier molecular flexibility index (Phi) is 3.86. The largest absolute Gasteiger partial charge is 0.481 e. The zero-order valence-electron chi connectivity index (χ0n) is 10.9. The minimum Gasteiger partial charge on any atom is -0.481 e. The minimum atomic E-state index is -0.850. The van der Waals surface area contributed by atoms with E-state index in [1.807, 2.05) is 13.8 Å². The molecule has 2 heterocycles. The molecule has 104 valence electrons. The fourth-order valence-corrected chi connectivity index (χ4v) is 2.96. The summed E-state index contributed by atoms with van der Waals surface area (Å²) in [6.45, 7) is 4.37. The molecule has 0 aliphatic carbocycles. The Morgan fingerprint density at radius 2 is 2.26 bits per heavy atom. The number of carboxylic acid groups (broad SMARTS) is 1. The van der Waals surface area contributed by atoms with Gasteiger partial charge in [0.25, 0.3) is 5.91 Å². The Morgan fingerprint density at radius 3 is 2.74 bits per heavy atom. The number of carbonyl (C=O) groups is 2. The second-order valence-corrected chi connectivity index (χ2v) is 5.88. The van der Waals surface area contributed by atoms with Gasteiger partial charge in [-0.2, -0.15) is 0 Å². The molecule has 1 unspecified atom stereocenters. The lowest BCUT2D eigenvalue weighted by molar-refractivity contribution is -0.142. The minimum absolute atomic E-state index is 0.0343. The summed E-state index contributed by atoms with van der Waals surface area (Å²) in [5.41, 5.74) is 6.07. The molecule has 1 aromatic heterocycles. The van der Waals surface area contributed by atoms with E-state index in [1.54, 1.807) is 10.3 Å². The van der Waals surface area contributed by atoms with Crippen molar-refractivity contribution in [2.75, 3.05) is 13.1 Å². The molecule has 6 nitrogen and oxygen atoms in total. The topological polar surface area (TPSA) is 96.5 Å². The molecule has 2 rings (SSSR count). The van der Waals surface area contributed by atoms with Crippen molar-refractivity contribution < 1.29 is 14.7 Å². The average Bonchev–Trinajstić information content (AvgIpc) is 2.94. The Hall–Kier alpha value is -1.47. The summed E-state index contributed by atoms with van der Waals surface area (Å²) in [6.07, 6.45) is 0. The van der Waals surface area contributed by atoms with Gasteiger partial charge in [-0.1, -0.05) is 6.92 Å². The maximum absolute atomic E-state index is 12.2. The molecule has 0 saturated carbocycles. The number of nitrogens with two attached hydrogens (primary N) is 1. The third-order valence-corrected chi connectivity index (χ3v) is 4.39. The predicted octanol–water partition coefficient (Wildman–Crippen LogP) is 0.955. The number of nitrogens with zero attached hydrogens (tertiary/aromatic N) is 2. The smallest absolute Gasteiger partial charge is 0.308 e. The molecular formula is C12H17N3O3S. The van der Waals surface area contributed by atoms with E-state index in [0.717, 1.165) is 0 Å². The van der Waals surface area contributed by atoms with Crippen molar-refractivity contribution in [3.63, 3.8) is 0 Å². The van der Waals surface area contributed by atoms with Gasteiger partial charge in [0, 0.05) is 18.5 Å². The van der Waals surface area contributed by atoms with E-state index in [9.17, 15) is 9.59 Å². The first-order valence-electron chi connectivity index (χ1n) is 6.13. The molecular weight excluding hydrogens is 266 g/mol. The SMILES string of the molecule is CC(N)c1nc(C(=O)N2C[C@@H](C)[C@H](C(=O)O)C2)cs1. The first kappa shape index (κ1) is 14.0. The van der Waals surface area contributed by atoms with Crippen LogP contribution in [0.3, 0.4) is 0 Å². The van der Waals surface area contributed by atoms with Gasteiger partial charge in [-0.15, -0.1) is 11.3 Å². The van der Waals surface area contributed by atoms with Crippen molar-refractivity contribution in [1.29, 1.82) is 0 Å². The van der Waals surface area contributed by atoms with Crippen LogP contribution in [0.1, 0.15) is 35.4 Å². The molecule has 0 spiro atoms. The fraction of sp³-hybridized carbons (Fsp3) is 0.583. The second-order valence-electron chi connectivity index (χ2n) is 4.99. The van der Waals surface area contributed by atoms with Gasteiger partial charge in [-0.05, 0) is 12.8 Å². The zero-order chi connectivity index (χ0) is 14.2. The number of hydrogen-bond donors (Lipinski definition) is 2. The quantitative estimate of drug-likeness (QED) is 0.861. The van der Waals surface area contributed by atoms with Gasteiger partial charge in [0.1, 0.15) is 10.7 Å². The molecule has 0 bridgehead atoms. The molecule has 0 aromatic carbocycles. The molecule has 1 fully saturated rings. The summed E-state index contributed by atoms with van der Waals surface area (Å²) in [5, 5.41) is 11.5. The lowest BCUT2D eigenvalue weighted by atomic mass is 9.99. The normalized spacial score (nSPS) is 24.5. The van der Waals surface area contributed by atoms with Crippen LogP contribution < -0.4 is 5.73 Å². The summed E-state index contributed by atoms with van der Waals surface area (Å²) in [6, 6.07) is -0.198. The van der Waals surface area contributed by atoms with Gasteiger partial charge in [0.2, 0.25) is 0 Å². The number of aliphatic carboxylic acids is 1. The molecule has 0 radical (unpaired) electrons. The van der Waals surface area contributed by atoms with Gasteiger partial charge in [0.15, 0.2) is 0 Å². The Labute approximate surface area is 115 Å². The summed E-state index contributed by atoms with van der Waals surface area (Å²) >= 11 is 1.35. The predicted molar refractivity (Wildman–Crippen MR) is 70.9 cm³/mol. The van der Waals surface area contributed by atoms with Crippen LogP contribution in [0.2, 0.25) is 0 Å². The second kappa shape index (κ2) is 5.26. The van der Waals surface area contributed by atoms with Crippen molar-refractivity contribution in [3.8, 4) is 0 Å². The van der Waals surface area contributed by atoms with Crippen molar-refractivity contribution in [1.82, 2.24) is 9.88 Å². The molecule has 3 N–H and O–H groups in total. The number of amides is 1. The summed E-state index contributed by atoms with van der Waals surface area (Å²) in [4.78, 5) is 29.0. The number of thiazole rings is 1. The first-order valence-corrected chi connectivity index (χ1v) is 7.01. The van der Waals surface area contributed by atoms with Crippen molar-refractivity contribution in [2.24, 2.45) is 17.6 Å². The third kappa shape index (κ3) is 2.76. The van der Waals surface area contributed by atoms with Gasteiger partial charge in [0.05, 0.1) is 12.0 Å². The van der Waals surface area contributed by atoms with E-state index in [0.29, 0.717) is 17.2 Å². The molecule has 1 aliphatic rings. The summed E-state index contributed by atoms with van der Waals surface area (Å²) in [5.74, 6) is -1.58. The van der Waals surface area contributed by atoms with Crippen LogP contribution in [0.5, 0.6) is 0 Å². The highest BCUT2D eigenvalue weighted by Crippen LogP contribution is 2.25. The van der Waals surface area contributed by atoms with E-state index < -0.39 is 11.9 Å². The van der Waals surface area contributed by atoms with Crippen LogP contribution in [0.25, 0.3) is 0 Å². The number of carboxylic acids is 1. The molecule has 1 aromatic rings. The Morgan fingerprint density at radius 1 is 1.58 bits per heavy atom. The standard InChI is InChI=1S/C12H17N3O3S/c1-6-3-15(4-8(6)12(17)18)11(16)9-5-19-10(14-9)7(2)13/h5-8H,3-4,13H2,1-2H3,(H,17,18)/t6-,7?,8-/m1/s1. The number of likely N-dealkylation sites (tertiary alicyclic amines) is 1. The van der Waals surface area contributed by atoms with Crippen molar-refractivity contribution >= 4 is 23.2 Å². The van der Waals surface area contributed by atoms with Gasteiger partial charge < -0.3 is 15.7 Å². The van der Waals surface area contributed by atoms with E-state index in [1.165, 1.54) is 11.3 Å². The Balaban J connectivity index is 2.10. The van der Waals surface area contributed by atoms with Gasteiger partial charge in [-0.3, -0.25) is 9.59 Å². The number of carbonyl (C=O) groups excluding carboxylic acids is 1. The van der Waals surface area contributed by atoms with Crippen LogP contribution in [0.4, 0.5) is 0 Å².